The molecule has 3 nitrogen and oxygen atoms in total. The molecule has 2 aliphatic rings. The zero-order chi connectivity index (χ0) is 14.1. The summed E-state index contributed by atoms with van der Waals surface area (Å²) in [6.45, 7) is 0. The summed E-state index contributed by atoms with van der Waals surface area (Å²) in [5, 5.41) is 6.52. The van der Waals surface area contributed by atoms with Gasteiger partial charge in [0.15, 0.2) is 11.6 Å². The van der Waals surface area contributed by atoms with Gasteiger partial charge in [-0.05, 0) is 43.4 Å². The SMILES string of the molecule is O=C(Cc1ccc(F)c(F)c1)NC1CC2CCC(C1)N2. The summed E-state index contributed by atoms with van der Waals surface area (Å²) in [5.74, 6) is -1.92. The maximum atomic E-state index is 13.1. The van der Waals surface area contributed by atoms with Gasteiger partial charge in [0.25, 0.3) is 0 Å². The Balaban J connectivity index is 1.55. The molecule has 0 saturated carbocycles. The number of carbonyl (C=O) groups is 1. The molecule has 2 atom stereocenters. The molecule has 0 radical (unpaired) electrons. The summed E-state index contributed by atoms with van der Waals surface area (Å²) in [7, 11) is 0. The Morgan fingerprint density at radius 1 is 1.20 bits per heavy atom. The lowest BCUT2D eigenvalue weighted by molar-refractivity contribution is -0.121. The van der Waals surface area contributed by atoms with Crippen LogP contribution in [-0.4, -0.2) is 24.0 Å². The second-order valence-corrected chi connectivity index (χ2v) is 5.80. The molecule has 2 unspecified atom stereocenters. The molecule has 20 heavy (non-hydrogen) atoms. The second-order valence-electron chi connectivity index (χ2n) is 5.80. The highest BCUT2D eigenvalue weighted by Crippen LogP contribution is 2.26. The minimum atomic E-state index is -0.907. The molecule has 2 saturated heterocycles. The van der Waals surface area contributed by atoms with Gasteiger partial charge in [0.2, 0.25) is 5.91 Å². The maximum Gasteiger partial charge on any atom is 0.224 e. The van der Waals surface area contributed by atoms with Crippen molar-refractivity contribution < 1.29 is 13.6 Å². The predicted octanol–water partition coefficient (Wildman–Crippen LogP) is 1.91. The molecule has 0 aromatic heterocycles. The van der Waals surface area contributed by atoms with Crippen LogP contribution < -0.4 is 10.6 Å². The molecule has 0 spiro atoms. The van der Waals surface area contributed by atoms with Crippen LogP contribution in [0.2, 0.25) is 0 Å². The van der Waals surface area contributed by atoms with E-state index in [1.54, 1.807) is 0 Å². The number of rotatable bonds is 3. The van der Waals surface area contributed by atoms with E-state index in [9.17, 15) is 13.6 Å². The van der Waals surface area contributed by atoms with Gasteiger partial charge in [-0.15, -0.1) is 0 Å². The molecule has 2 aliphatic heterocycles. The Labute approximate surface area is 116 Å². The smallest absolute Gasteiger partial charge is 0.224 e. The lowest BCUT2D eigenvalue weighted by Crippen LogP contribution is -2.48. The van der Waals surface area contributed by atoms with E-state index in [1.165, 1.54) is 18.9 Å². The van der Waals surface area contributed by atoms with Crippen LogP contribution in [0.1, 0.15) is 31.2 Å². The Bertz CT molecular complexity index is 509. The van der Waals surface area contributed by atoms with Crippen molar-refractivity contribution in [3.8, 4) is 0 Å². The third-order valence-electron chi connectivity index (χ3n) is 4.19. The zero-order valence-corrected chi connectivity index (χ0v) is 11.2. The van der Waals surface area contributed by atoms with Crippen molar-refractivity contribution >= 4 is 5.91 Å². The van der Waals surface area contributed by atoms with E-state index in [0.29, 0.717) is 17.6 Å². The van der Waals surface area contributed by atoms with Gasteiger partial charge >= 0.3 is 0 Å². The van der Waals surface area contributed by atoms with E-state index >= 15 is 0 Å². The van der Waals surface area contributed by atoms with Crippen LogP contribution in [0, 0.1) is 11.6 Å². The second kappa shape index (κ2) is 5.48. The van der Waals surface area contributed by atoms with E-state index in [4.69, 9.17) is 0 Å². The summed E-state index contributed by atoms with van der Waals surface area (Å²) in [5.41, 5.74) is 0.498. The summed E-state index contributed by atoms with van der Waals surface area (Å²) in [6, 6.07) is 4.82. The number of benzene rings is 1. The summed E-state index contributed by atoms with van der Waals surface area (Å²) in [4.78, 5) is 12.0. The number of hydrogen-bond donors (Lipinski definition) is 2. The fraction of sp³-hybridized carbons (Fsp3) is 0.533. The van der Waals surface area contributed by atoms with Gasteiger partial charge in [0.05, 0.1) is 6.42 Å². The molecule has 5 heteroatoms. The minimum Gasteiger partial charge on any atom is -0.353 e. The van der Waals surface area contributed by atoms with Gasteiger partial charge in [-0.1, -0.05) is 6.07 Å². The Kier molecular flexibility index (Phi) is 3.70. The van der Waals surface area contributed by atoms with Gasteiger partial charge in [0.1, 0.15) is 0 Å². The van der Waals surface area contributed by atoms with Gasteiger partial charge in [-0.3, -0.25) is 4.79 Å². The standard InChI is InChI=1S/C15H18F2N2O/c16-13-4-1-9(5-14(13)17)6-15(20)19-12-7-10-2-3-11(8-12)18-10/h1,4-5,10-12,18H,2-3,6-8H2,(H,19,20). The van der Waals surface area contributed by atoms with E-state index in [-0.39, 0.29) is 18.4 Å². The Hall–Kier alpha value is -1.49. The van der Waals surface area contributed by atoms with Crippen LogP contribution in [0.25, 0.3) is 0 Å². The molecule has 1 aromatic rings. The van der Waals surface area contributed by atoms with Gasteiger partial charge < -0.3 is 10.6 Å². The van der Waals surface area contributed by atoms with Gasteiger partial charge in [0, 0.05) is 18.1 Å². The first-order valence-corrected chi connectivity index (χ1v) is 7.09. The number of amides is 1. The number of hydrogen-bond acceptors (Lipinski definition) is 2. The molecular formula is C15H18F2N2O. The molecule has 2 heterocycles. The third kappa shape index (κ3) is 2.98. The van der Waals surface area contributed by atoms with E-state index in [0.717, 1.165) is 25.0 Å². The van der Waals surface area contributed by atoms with Crippen molar-refractivity contribution in [1.29, 1.82) is 0 Å². The first kappa shape index (κ1) is 13.5. The highest BCUT2D eigenvalue weighted by molar-refractivity contribution is 5.78. The van der Waals surface area contributed by atoms with Crippen LogP contribution in [-0.2, 0) is 11.2 Å². The first-order valence-electron chi connectivity index (χ1n) is 7.09. The number of halogens is 2. The molecule has 3 rings (SSSR count). The largest absolute Gasteiger partial charge is 0.353 e. The van der Waals surface area contributed by atoms with Crippen molar-refractivity contribution in [3.05, 3.63) is 35.4 Å². The summed E-state index contributed by atoms with van der Waals surface area (Å²) >= 11 is 0. The average molecular weight is 280 g/mol. The van der Waals surface area contributed by atoms with Crippen molar-refractivity contribution in [1.82, 2.24) is 10.6 Å². The normalized spacial score (nSPS) is 28.4. The lowest BCUT2D eigenvalue weighted by Gasteiger charge is -2.29. The van der Waals surface area contributed by atoms with Gasteiger partial charge in [-0.2, -0.15) is 0 Å². The quantitative estimate of drug-likeness (QED) is 0.888. The molecule has 1 amide bonds. The van der Waals surface area contributed by atoms with Crippen molar-refractivity contribution in [2.75, 3.05) is 0 Å². The lowest BCUT2D eigenvalue weighted by atomic mass is 9.99. The van der Waals surface area contributed by atoms with Crippen LogP contribution in [0.5, 0.6) is 0 Å². The zero-order valence-electron chi connectivity index (χ0n) is 11.2. The molecule has 1 aromatic carbocycles. The minimum absolute atomic E-state index is 0.0937. The van der Waals surface area contributed by atoms with Crippen LogP contribution >= 0.6 is 0 Å². The van der Waals surface area contributed by atoms with Gasteiger partial charge in [-0.25, -0.2) is 8.78 Å². The van der Waals surface area contributed by atoms with E-state index in [1.807, 2.05) is 0 Å². The number of piperidine rings is 1. The van der Waals surface area contributed by atoms with Crippen LogP contribution in [0.15, 0.2) is 18.2 Å². The number of fused-ring (bicyclic) bond motifs is 2. The topological polar surface area (TPSA) is 41.1 Å². The number of nitrogens with one attached hydrogen (secondary N) is 2. The highest BCUT2D eigenvalue weighted by Gasteiger charge is 2.33. The molecule has 2 N–H and O–H groups in total. The van der Waals surface area contributed by atoms with Crippen molar-refractivity contribution in [2.45, 2.75) is 50.2 Å². The number of carbonyl (C=O) groups excluding carboxylic acids is 1. The molecule has 2 fully saturated rings. The monoisotopic (exact) mass is 280 g/mol. The maximum absolute atomic E-state index is 13.1. The van der Waals surface area contributed by atoms with Crippen molar-refractivity contribution in [2.24, 2.45) is 0 Å². The molecule has 108 valence electrons. The Morgan fingerprint density at radius 3 is 2.55 bits per heavy atom. The summed E-state index contributed by atoms with van der Waals surface area (Å²) < 4.78 is 25.9. The van der Waals surface area contributed by atoms with E-state index < -0.39 is 11.6 Å². The third-order valence-corrected chi connectivity index (χ3v) is 4.19. The predicted molar refractivity (Wildman–Crippen MR) is 71.2 cm³/mol. The molecule has 2 bridgehead atoms. The fourth-order valence-electron chi connectivity index (χ4n) is 3.29. The van der Waals surface area contributed by atoms with E-state index in [2.05, 4.69) is 10.6 Å². The van der Waals surface area contributed by atoms with Crippen LogP contribution in [0.4, 0.5) is 8.78 Å². The summed E-state index contributed by atoms with van der Waals surface area (Å²) in [6.07, 6.45) is 4.37. The fourth-order valence-corrected chi connectivity index (χ4v) is 3.29. The highest BCUT2D eigenvalue weighted by atomic mass is 19.2. The molecular weight excluding hydrogens is 262 g/mol. The van der Waals surface area contributed by atoms with Crippen molar-refractivity contribution in [3.63, 3.8) is 0 Å². The Morgan fingerprint density at radius 2 is 1.90 bits per heavy atom. The molecule has 0 aliphatic carbocycles. The first-order chi connectivity index (χ1) is 9.60. The average Bonchev–Trinajstić information content (AvgIpc) is 2.73. The van der Waals surface area contributed by atoms with Crippen LogP contribution in [0.3, 0.4) is 0 Å².